The third-order valence-electron chi connectivity index (χ3n) is 3.12. The first-order valence-corrected chi connectivity index (χ1v) is 6.55. The van der Waals surface area contributed by atoms with E-state index < -0.39 is 17.7 Å². The van der Waals surface area contributed by atoms with Gasteiger partial charge in [0.15, 0.2) is 0 Å². The summed E-state index contributed by atoms with van der Waals surface area (Å²) in [5, 5.41) is 0. The van der Waals surface area contributed by atoms with Crippen LogP contribution in [0.25, 0.3) is 5.57 Å². The SMILES string of the molecule is CC(=O)OC/C=C1/CCCOc2cc(C(F)(F)F)ccc21. The van der Waals surface area contributed by atoms with Crippen LogP contribution in [0.3, 0.4) is 0 Å². The first kappa shape index (κ1) is 15.4. The molecule has 1 heterocycles. The van der Waals surface area contributed by atoms with E-state index >= 15 is 0 Å². The van der Waals surface area contributed by atoms with Crippen molar-refractivity contribution in [2.24, 2.45) is 0 Å². The quantitative estimate of drug-likeness (QED) is 0.779. The minimum Gasteiger partial charge on any atom is -0.493 e. The van der Waals surface area contributed by atoms with Crippen molar-refractivity contribution >= 4 is 11.5 Å². The Hall–Kier alpha value is -1.98. The molecule has 6 heteroatoms. The van der Waals surface area contributed by atoms with E-state index in [4.69, 9.17) is 9.47 Å². The number of fused-ring (bicyclic) bond motifs is 1. The Bertz CT molecular complexity index is 562. The molecule has 3 nitrogen and oxygen atoms in total. The van der Waals surface area contributed by atoms with Gasteiger partial charge in [-0.2, -0.15) is 13.2 Å². The lowest BCUT2D eigenvalue weighted by Crippen LogP contribution is -2.06. The fourth-order valence-electron chi connectivity index (χ4n) is 2.13. The van der Waals surface area contributed by atoms with Gasteiger partial charge in [0.1, 0.15) is 12.4 Å². The van der Waals surface area contributed by atoms with Crippen LogP contribution in [0.1, 0.15) is 30.9 Å². The van der Waals surface area contributed by atoms with Crippen molar-refractivity contribution in [3.05, 3.63) is 35.4 Å². The number of carbonyl (C=O) groups is 1. The molecule has 0 aliphatic carbocycles. The van der Waals surface area contributed by atoms with Crippen molar-refractivity contribution < 1.29 is 27.4 Å². The van der Waals surface area contributed by atoms with Crippen LogP contribution in [0.5, 0.6) is 5.75 Å². The van der Waals surface area contributed by atoms with Gasteiger partial charge in [0, 0.05) is 12.5 Å². The Labute approximate surface area is 120 Å². The average Bonchev–Trinajstić information content (AvgIpc) is 2.59. The highest BCUT2D eigenvalue weighted by Gasteiger charge is 2.31. The largest absolute Gasteiger partial charge is 0.493 e. The van der Waals surface area contributed by atoms with Gasteiger partial charge in [-0.15, -0.1) is 0 Å². The summed E-state index contributed by atoms with van der Waals surface area (Å²) in [4.78, 5) is 10.8. The Balaban J connectivity index is 2.31. The van der Waals surface area contributed by atoms with E-state index in [9.17, 15) is 18.0 Å². The molecule has 1 aromatic carbocycles. The van der Waals surface area contributed by atoms with E-state index in [-0.39, 0.29) is 12.4 Å². The zero-order valence-electron chi connectivity index (χ0n) is 11.5. The molecule has 0 saturated carbocycles. The van der Waals surface area contributed by atoms with Crippen molar-refractivity contribution in [2.75, 3.05) is 13.2 Å². The molecule has 0 atom stereocenters. The molecule has 0 radical (unpaired) electrons. The lowest BCUT2D eigenvalue weighted by molar-refractivity contribution is -0.140. The predicted octanol–water partition coefficient (Wildman–Crippen LogP) is 3.82. The topological polar surface area (TPSA) is 35.5 Å². The maximum atomic E-state index is 12.7. The van der Waals surface area contributed by atoms with Crippen LogP contribution in [-0.2, 0) is 15.7 Å². The van der Waals surface area contributed by atoms with E-state index in [1.807, 2.05) is 0 Å². The standard InChI is InChI=1S/C15H15F3O3/c1-10(19)20-8-6-11-3-2-7-21-14-9-12(15(16,17)18)4-5-13(11)14/h4-6,9H,2-3,7-8H2,1H3/b11-6-. The normalized spacial score (nSPS) is 16.9. The number of hydrogen-bond donors (Lipinski definition) is 0. The van der Waals surface area contributed by atoms with Crippen molar-refractivity contribution in [1.82, 2.24) is 0 Å². The van der Waals surface area contributed by atoms with Crippen LogP contribution in [0.15, 0.2) is 24.3 Å². The molecule has 0 fully saturated rings. The molecule has 1 aliphatic rings. The monoisotopic (exact) mass is 300 g/mol. The van der Waals surface area contributed by atoms with E-state index in [0.29, 0.717) is 25.0 Å². The first-order valence-electron chi connectivity index (χ1n) is 6.55. The minimum atomic E-state index is -4.40. The summed E-state index contributed by atoms with van der Waals surface area (Å²) in [5.74, 6) is -0.180. The second-order valence-electron chi connectivity index (χ2n) is 4.69. The Morgan fingerprint density at radius 1 is 1.43 bits per heavy atom. The van der Waals surface area contributed by atoms with Crippen molar-refractivity contribution in [1.29, 1.82) is 0 Å². The maximum Gasteiger partial charge on any atom is 0.416 e. The van der Waals surface area contributed by atoms with E-state index in [2.05, 4.69) is 0 Å². The summed E-state index contributed by atoms with van der Waals surface area (Å²) in [5.41, 5.74) is 0.715. The number of carbonyl (C=O) groups excluding carboxylic acids is 1. The fourth-order valence-corrected chi connectivity index (χ4v) is 2.13. The van der Waals surface area contributed by atoms with E-state index in [1.54, 1.807) is 6.08 Å². The highest BCUT2D eigenvalue weighted by atomic mass is 19.4. The van der Waals surface area contributed by atoms with E-state index in [0.717, 1.165) is 17.7 Å². The molecular formula is C15H15F3O3. The molecule has 0 N–H and O–H groups in total. The number of ether oxygens (including phenoxy) is 2. The highest BCUT2D eigenvalue weighted by Crippen LogP contribution is 2.37. The fraction of sp³-hybridized carbons (Fsp3) is 0.400. The number of allylic oxidation sites excluding steroid dienone is 1. The van der Waals surface area contributed by atoms with Crippen LogP contribution in [0.2, 0.25) is 0 Å². The second kappa shape index (κ2) is 6.20. The molecule has 0 saturated heterocycles. The molecule has 2 rings (SSSR count). The summed E-state index contributed by atoms with van der Waals surface area (Å²) in [6.07, 6.45) is -1.32. The molecule has 1 aromatic rings. The third-order valence-corrected chi connectivity index (χ3v) is 3.12. The smallest absolute Gasteiger partial charge is 0.416 e. The van der Waals surface area contributed by atoms with Gasteiger partial charge in [-0.3, -0.25) is 4.79 Å². The summed E-state index contributed by atoms with van der Waals surface area (Å²) in [6, 6.07) is 3.45. The summed E-state index contributed by atoms with van der Waals surface area (Å²) >= 11 is 0. The maximum absolute atomic E-state index is 12.7. The van der Waals surface area contributed by atoms with Gasteiger partial charge >= 0.3 is 12.1 Å². The molecule has 1 aliphatic heterocycles. The van der Waals surface area contributed by atoms with Gasteiger partial charge in [0.25, 0.3) is 0 Å². The van der Waals surface area contributed by atoms with Crippen molar-refractivity contribution in [3.8, 4) is 5.75 Å². The van der Waals surface area contributed by atoms with Gasteiger partial charge in [-0.1, -0.05) is 6.07 Å². The molecule has 0 unspecified atom stereocenters. The number of hydrogen-bond acceptors (Lipinski definition) is 3. The Morgan fingerprint density at radius 3 is 2.86 bits per heavy atom. The predicted molar refractivity (Wildman–Crippen MR) is 70.8 cm³/mol. The number of halogens is 3. The van der Waals surface area contributed by atoms with Gasteiger partial charge in [-0.25, -0.2) is 0 Å². The third kappa shape index (κ3) is 4.00. The second-order valence-corrected chi connectivity index (χ2v) is 4.69. The van der Waals surface area contributed by atoms with Crippen LogP contribution < -0.4 is 4.74 Å². The first-order chi connectivity index (χ1) is 9.88. The van der Waals surface area contributed by atoms with Gasteiger partial charge in [0.05, 0.1) is 12.2 Å². The van der Waals surface area contributed by atoms with Crippen LogP contribution >= 0.6 is 0 Å². The van der Waals surface area contributed by atoms with Crippen molar-refractivity contribution in [3.63, 3.8) is 0 Å². The molecular weight excluding hydrogens is 285 g/mol. The van der Waals surface area contributed by atoms with E-state index in [1.165, 1.54) is 13.0 Å². The number of alkyl halides is 3. The highest BCUT2D eigenvalue weighted by molar-refractivity contribution is 5.72. The van der Waals surface area contributed by atoms with Gasteiger partial charge in [0.2, 0.25) is 0 Å². The summed E-state index contributed by atoms with van der Waals surface area (Å²) in [6.45, 7) is 1.77. The Morgan fingerprint density at radius 2 is 2.19 bits per heavy atom. The van der Waals surface area contributed by atoms with Crippen molar-refractivity contribution in [2.45, 2.75) is 25.9 Å². The Kier molecular flexibility index (Phi) is 4.55. The lowest BCUT2D eigenvalue weighted by Gasteiger charge is -2.13. The van der Waals surface area contributed by atoms with Crippen LogP contribution in [-0.4, -0.2) is 19.2 Å². The van der Waals surface area contributed by atoms with Crippen LogP contribution in [0.4, 0.5) is 13.2 Å². The molecule has 21 heavy (non-hydrogen) atoms. The zero-order valence-corrected chi connectivity index (χ0v) is 11.5. The number of rotatable bonds is 2. The molecule has 0 spiro atoms. The lowest BCUT2D eigenvalue weighted by atomic mass is 9.99. The van der Waals surface area contributed by atoms with Crippen LogP contribution in [0, 0.1) is 0 Å². The summed E-state index contributed by atoms with van der Waals surface area (Å²) < 4.78 is 48.4. The molecule has 0 amide bonds. The summed E-state index contributed by atoms with van der Waals surface area (Å²) in [7, 11) is 0. The van der Waals surface area contributed by atoms with Gasteiger partial charge < -0.3 is 9.47 Å². The minimum absolute atomic E-state index is 0.102. The molecule has 0 aromatic heterocycles. The number of esters is 1. The molecule has 0 bridgehead atoms. The number of benzene rings is 1. The average molecular weight is 300 g/mol. The van der Waals surface area contributed by atoms with Gasteiger partial charge in [-0.05, 0) is 36.6 Å². The zero-order chi connectivity index (χ0) is 15.5. The molecule has 114 valence electrons.